The standard InChI is InChI=1S/C19H20ClN5O3S2/c1-4-13-11(3)29-9-14(13)18-22-23-19(24(18)5-2)30-10-17(26)21-16-8-12(25(27)28)6-7-15(16)20/h6-9H,4-5,10H2,1-3H3,(H,21,26). The number of rotatable bonds is 8. The molecule has 0 atom stereocenters. The molecule has 11 heteroatoms. The van der Waals surface area contributed by atoms with E-state index in [2.05, 4.69) is 34.7 Å². The number of nitrogens with zero attached hydrogens (tertiary/aromatic N) is 4. The largest absolute Gasteiger partial charge is 0.324 e. The molecule has 1 N–H and O–H groups in total. The fraction of sp³-hybridized carbons (Fsp3) is 0.316. The Hall–Kier alpha value is -2.43. The number of nitro benzene ring substituents is 1. The van der Waals surface area contributed by atoms with Crippen molar-refractivity contribution in [2.24, 2.45) is 0 Å². The number of benzene rings is 1. The topological polar surface area (TPSA) is 103 Å². The van der Waals surface area contributed by atoms with Crippen molar-refractivity contribution in [2.75, 3.05) is 11.1 Å². The van der Waals surface area contributed by atoms with Gasteiger partial charge in [-0.2, -0.15) is 0 Å². The zero-order valence-corrected chi connectivity index (χ0v) is 19.0. The summed E-state index contributed by atoms with van der Waals surface area (Å²) in [5.74, 6) is 0.527. The van der Waals surface area contributed by atoms with Gasteiger partial charge in [-0.3, -0.25) is 14.9 Å². The summed E-state index contributed by atoms with van der Waals surface area (Å²) in [6, 6.07) is 3.91. The van der Waals surface area contributed by atoms with Crippen LogP contribution in [0.2, 0.25) is 5.02 Å². The maximum absolute atomic E-state index is 12.4. The van der Waals surface area contributed by atoms with Gasteiger partial charge >= 0.3 is 0 Å². The number of carbonyl (C=O) groups excluding carboxylic acids is 1. The van der Waals surface area contributed by atoms with Crippen molar-refractivity contribution >= 4 is 52.0 Å². The van der Waals surface area contributed by atoms with E-state index < -0.39 is 4.92 Å². The number of non-ortho nitro benzene ring substituents is 1. The SMILES string of the molecule is CCc1c(-c2nnc(SCC(=O)Nc3cc([N+](=O)[O-])ccc3Cl)n2CC)csc1C. The second-order valence-electron chi connectivity index (χ2n) is 6.35. The third-order valence-corrected chi connectivity index (χ3v) is 6.75. The van der Waals surface area contributed by atoms with E-state index in [1.54, 1.807) is 11.3 Å². The zero-order valence-electron chi connectivity index (χ0n) is 16.6. The Morgan fingerprint density at radius 2 is 2.13 bits per heavy atom. The van der Waals surface area contributed by atoms with Gasteiger partial charge in [0.1, 0.15) is 0 Å². The molecule has 3 aromatic rings. The second-order valence-corrected chi connectivity index (χ2v) is 8.78. The number of hydrogen-bond donors (Lipinski definition) is 1. The van der Waals surface area contributed by atoms with Crippen LogP contribution >= 0.6 is 34.7 Å². The van der Waals surface area contributed by atoms with Gasteiger partial charge in [0.15, 0.2) is 11.0 Å². The molecule has 0 bridgehead atoms. The highest BCUT2D eigenvalue weighted by Gasteiger charge is 2.19. The fourth-order valence-electron chi connectivity index (χ4n) is 3.03. The number of halogens is 1. The van der Waals surface area contributed by atoms with Crippen LogP contribution in [0, 0.1) is 17.0 Å². The number of thiophene rings is 1. The molecular formula is C19H20ClN5O3S2. The quantitative estimate of drug-likeness (QED) is 0.279. The van der Waals surface area contributed by atoms with E-state index in [0.29, 0.717) is 11.7 Å². The molecule has 0 saturated carbocycles. The summed E-state index contributed by atoms with van der Waals surface area (Å²) < 4.78 is 1.99. The predicted octanol–water partition coefficient (Wildman–Crippen LogP) is 5.19. The van der Waals surface area contributed by atoms with Gasteiger partial charge in [-0.1, -0.05) is 30.3 Å². The molecule has 1 aromatic carbocycles. The number of aromatic nitrogens is 3. The molecule has 1 amide bonds. The molecule has 0 aliphatic rings. The summed E-state index contributed by atoms with van der Waals surface area (Å²) in [4.78, 5) is 24.0. The van der Waals surface area contributed by atoms with Gasteiger partial charge in [0.2, 0.25) is 5.91 Å². The lowest BCUT2D eigenvalue weighted by molar-refractivity contribution is -0.384. The zero-order chi connectivity index (χ0) is 21.8. The van der Waals surface area contributed by atoms with Crippen molar-refractivity contribution in [3.05, 3.63) is 49.2 Å². The first kappa shape index (κ1) is 22.3. The van der Waals surface area contributed by atoms with Gasteiger partial charge in [-0.25, -0.2) is 0 Å². The van der Waals surface area contributed by atoms with Crippen LogP contribution in [0.5, 0.6) is 0 Å². The summed E-state index contributed by atoms with van der Waals surface area (Å²) in [6.07, 6.45) is 0.913. The van der Waals surface area contributed by atoms with Gasteiger partial charge in [0, 0.05) is 34.5 Å². The third-order valence-electron chi connectivity index (χ3n) is 4.50. The summed E-state index contributed by atoms with van der Waals surface area (Å²) >= 11 is 8.99. The van der Waals surface area contributed by atoms with Crippen LogP contribution in [-0.2, 0) is 17.8 Å². The summed E-state index contributed by atoms with van der Waals surface area (Å²) in [6.45, 7) is 6.88. The van der Waals surface area contributed by atoms with E-state index in [1.807, 2.05) is 11.5 Å². The van der Waals surface area contributed by atoms with Crippen molar-refractivity contribution in [3.63, 3.8) is 0 Å². The molecule has 2 aromatic heterocycles. The normalized spacial score (nSPS) is 10.9. The van der Waals surface area contributed by atoms with E-state index in [-0.39, 0.29) is 28.1 Å². The maximum Gasteiger partial charge on any atom is 0.271 e. The Bertz CT molecular complexity index is 1100. The van der Waals surface area contributed by atoms with Crippen molar-refractivity contribution in [2.45, 2.75) is 38.9 Å². The van der Waals surface area contributed by atoms with Crippen LogP contribution in [0.3, 0.4) is 0 Å². The van der Waals surface area contributed by atoms with Gasteiger partial charge in [0.05, 0.1) is 21.4 Å². The highest BCUT2D eigenvalue weighted by molar-refractivity contribution is 7.99. The van der Waals surface area contributed by atoms with E-state index >= 15 is 0 Å². The number of nitrogens with one attached hydrogen (secondary N) is 1. The van der Waals surface area contributed by atoms with Crippen LogP contribution in [0.15, 0.2) is 28.7 Å². The molecule has 0 unspecified atom stereocenters. The monoisotopic (exact) mass is 465 g/mol. The van der Waals surface area contributed by atoms with Crippen molar-refractivity contribution < 1.29 is 9.72 Å². The molecule has 8 nitrogen and oxygen atoms in total. The minimum Gasteiger partial charge on any atom is -0.324 e. The number of aryl methyl sites for hydroxylation is 1. The van der Waals surface area contributed by atoms with E-state index in [0.717, 1.165) is 17.8 Å². The number of anilines is 1. The van der Waals surface area contributed by atoms with Crippen molar-refractivity contribution in [1.29, 1.82) is 0 Å². The van der Waals surface area contributed by atoms with Gasteiger partial charge in [-0.15, -0.1) is 21.5 Å². The third kappa shape index (κ3) is 4.66. The number of thioether (sulfide) groups is 1. The average molecular weight is 466 g/mol. The summed E-state index contributed by atoms with van der Waals surface area (Å²) in [7, 11) is 0. The van der Waals surface area contributed by atoms with E-state index in [1.165, 1.54) is 40.4 Å². The van der Waals surface area contributed by atoms with Crippen molar-refractivity contribution in [1.82, 2.24) is 14.8 Å². The van der Waals surface area contributed by atoms with E-state index in [9.17, 15) is 14.9 Å². The molecule has 2 heterocycles. The van der Waals surface area contributed by atoms with Gasteiger partial charge in [0.25, 0.3) is 5.69 Å². The Morgan fingerprint density at radius 1 is 1.37 bits per heavy atom. The first-order valence-corrected chi connectivity index (χ1v) is 11.5. The molecule has 0 saturated heterocycles. The Balaban J connectivity index is 1.74. The second kappa shape index (κ2) is 9.59. The van der Waals surface area contributed by atoms with Gasteiger partial charge in [-0.05, 0) is 31.9 Å². The smallest absolute Gasteiger partial charge is 0.271 e. The molecule has 30 heavy (non-hydrogen) atoms. The lowest BCUT2D eigenvalue weighted by Gasteiger charge is -2.09. The van der Waals surface area contributed by atoms with Crippen LogP contribution in [-0.4, -0.2) is 31.3 Å². The first-order valence-electron chi connectivity index (χ1n) is 9.22. The number of hydrogen-bond acceptors (Lipinski definition) is 7. The Labute approximate surface area is 186 Å². The molecule has 158 valence electrons. The molecular weight excluding hydrogens is 446 g/mol. The molecule has 0 radical (unpaired) electrons. The fourth-order valence-corrected chi connectivity index (χ4v) is 4.93. The molecule has 0 aliphatic carbocycles. The van der Waals surface area contributed by atoms with Gasteiger partial charge < -0.3 is 9.88 Å². The summed E-state index contributed by atoms with van der Waals surface area (Å²) in [5.41, 5.74) is 2.40. The highest BCUT2D eigenvalue weighted by atomic mass is 35.5. The number of nitro groups is 1. The Morgan fingerprint density at radius 3 is 2.80 bits per heavy atom. The number of carbonyl (C=O) groups is 1. The average Bonchev–Trinajstić information content (AvgIpc) is 3.29. The van der Waals surface area contributed by atoms with E-state index in [4.69, 9.17) is 11.6 Å². The van der Waals surface area contributed by atoms with Crippen LogP contribution in [0.4, 0.5) is 11.4 Å². The molecule has 0 spiro atoms. The summed E-state index contributed by atoms with van der Waals surface area (Å²) in [5, 5.41) is 25.1. The highest BCUT2D eigenvalue weighted by Crippen LogP contribution is 2.33. The number of amides is 1. The maximum atomic E-state index is 12.4. The van der Waals surface area contributed by atoms with Crippen molar-refractivity contribution in [3.8, 4) is 11.4 Å². The Kier molecular flexibility index (Phi) is 7.11. The first-order chi connectivity index (χ1) is 14.3. The minimum absolute atomic E-state index is 0.0699. The predicted molar refractivity (Wildman–Crippen MR) is 121 cm³/mol. The molecule has 0 fully saturated rings. The minimum atomic E-state index is -0.539. The van der Waals surface area contributed by atoms with Crippen LogP contribution < -0.4 is 5.32 Å². The molecule has 0 aliphatic heterocycles. The lowest BCUT2D eigenvalue weighted by atomic mass is 10.1. The lowest BCUT2D eigenvalue weighted by Crippen LogP contribution is -2.15. The molecule has 3 rings (SSSR count). The van der Waals surface area contributed by atoms with Crippen LogP contribution in [0.25, 0.3) is 11.4 Å². The van der Waals surface area contributed by atoms with Crippen LogP contribution in [0.1, 0.15) is 24.3 Å².